The molecule has 0 aliphatic carbocycles. The summed E-state index contributed by atoms with van der Waals surface area (Å²) in [7, 11) is 3.36. The van der Waals surface area contributed by atoms with Crippen LogP contribution in [0.3, 0.4) is 0 Å². The molecule has 29 heavy (non-hydrogen) atoms. The van der Waals surface area contributed by atoms with Gasteiger partial charge in [0.2, 0.25) is 0 Å². The highest BCUT2D eigenvalue weighted by atomic mass is 32.1. The Hall–Kier alpha value is -3.12. The standard InChI is InChI=1S/C23H21N3O2S/c1-27-19-12-15-9-10-26(14-16(15)13-20(19)28-2)23-17-6-3-4-7-18(17)24-22(25-23)21-8-5-11-29-21/h3-8,11-13H,9-10,14H2,1-2H3. The van der Waals surface area contributed by atoms with Gasteiger partial charge >= 0.3 is 0 Å². The van der Waals surface area contributed by atoms with Gasteiger partial charge < -0.3 is 14.4 Å². The van der Waals surface area contributed by atoms with Crippen molar-refractivity contribution < 1.29 is 9.47 Å². The molecule has 0 N–H and O–H groups in total. The van der Waals surface area contributed by atoms with Crippen LogP contribution in [0.25, 0.3) is 21.6 Å². The molecule has 3 heterocycles. The van der Waals surface area contributed by atoms with E-state index >= 15 is 0 Å². The fourth-order valence-corrected chi connectivity index (χ4v) is 4.54. The van der Waals surface area contributed by atoms with Crippen LogP contribution in [0, 0.1) is 0 Å². The number of benzene rings is 2. The molecule has 5 rings (SSSR count). The zero-order chi connectivity index (χ0) is 19.8. The Balaban J connectivity index is 1.60. The van der Waals surface area contributed by atoms with E-state index in [0.717, 1.165) is 58.4 Å². The molecule has 0 spiro atoms. The fraction of sp³-hybridized carbons (Fsp3) is 0.217. The minimum atomic E-state index is 0.764. The van der Waals surface area contributed by atoms with Crippen molar-refractivity contribution in [2.45, 2.75) is 13.0 Å². The largest absolute Gasteiger partial charge is 0.493 e. The molecule has 0 radical (unpaired) electrons. The number of hydrogen-bond donors (Lipinski definition) is 0. The molecule has 0 bridgehead atoms. The molecule has 0 atom stereocenters. The van der Waals surface area contributed by atoms with Gasteiger partial charge in [-0.15, -0.1) is 11.3 Å². The van der Waals surface area contributed by atoms with E-state index in [0.29, 0.717) is 0 Å². The summed E-state index contributed by atoms with van der Waals surface area (Å²) in [5.41, 5.74) is 3.52. The van der Waals surface area contributed by atoms with Gasteiger partial charge in [-0.2, -0.15) is 0 Å². The Labute approximate surface area is 173 Å². The third-order valence-corrected chi connectivity index (χ3v) is 6.21. The van der Waals surface area contributed by atoms with E-state index in [1.807, 2.05) is 18.2 Å². The van der Waals surface area contributed by atoms with E-state index in [1.165, 1.54) is 11.1 Å². The molecular formula is C23H21N3O2S. The van der Waals surface area contributed by atoms with Gasteiger partial charge in [-0.25, -0.2) is 9.97 Å². The van der Waals surface area contributed by atoms with Crippen LogP contribution in [0.2, 0.25) is 0 Å². The lowest BCUT2D eigenvalue weighted by Gasteiger charge is -2.31. The lowest BCUT2D eigenvalue weighted by atomic mass is 9.98. The predicted molar refractivity (Wildman–Crippen MR) is 117 cm³/mol. The van der Waals surface area contributed by atoms with Crippen LogP contribution < -0.4 is 14.4 Å². The van der Waals surface area contributed by atoms with Gasteiger partial charge in [0.15, 0.2) is 17.3 Å². The molecule has 0 unspecified atom stereocenters. The molecule has 5 nitrogen and oxygen atoms in total. The Bertz CT molecular complexity index is 1170. The Morgan fingerprint density at radius 1 is 0.931 bits per heavy atom. The minimum Gasteiger partial charge on any atom is -0.493 e. The number of rotatable bonds is 4. The molecule has 2 aromatic carbocycles. The molecule has 1 aliphatic rings. The summed E-state index contributed by atoms with van der Waals surface area (Å²) in [6.07, 6.45) is 0.933. The first-order chi connectivity index (χ1) is 14.3. The number of nitrogens with zero attached hydrogens (tertiary/aromatic N) is 3. The number of aromatic nitrogens is 2. The summed E-state index contributed by atoms with van der Waals surface area (Å²) >= 11 is 1.66. The van der Waals surface area contributed by atoms with Gasteiger partial charge in [-0.1, -0.05) is 18.2 Å². The first-order valence-electron chi connectivity index (χ1n) is 9.56. The van der Waals surface area contributed by atoms with Crippen molar-refractivity contribution in [3.8, 4) is 22.2 Å². The summed E-state index contributed by atoms with van der Waals surface area (Å²) in [5, 5.41) is 3.14. The first-order valence-corrected chi connectivity index (χ1v) is 10.4. The van der Waals surface area contributed by atoms with Crippen LogP contribution in [-0.4, -0.2) is 30.7 Å². The Morgan fingerprint density at radius 3 is 2.48 bits per heavy atom. The summed E-state index contributed by atoms with van der Waals surface area (Å²) in [6, 6.07) is 16.5. The quantitative estimate of drug-likeness (QED) is 0.483. The molecule has 0 saturated carbocycles. The summed E-state index contributed by atoms with van der Waals surface area (Å²) in [6.45, 7) is 1.67. The maximum atomic E-state index is 5.51. The maximum Gasteiger partial charge on any atom is 0.172 e. The number of fused-ring (bicyclic) bond motifs is 2. The van der Waals surface area contributed by atoms with Crippen LogP contribution in [0.5, 0.6) is 11.5 Å². The average molecular weight is 404 g/mol. The summed E-state index contributed by atoms with van der Waals surface area (Å²) in [5.74, 6) is 3.32. The highest BCUT2D eigenvalue weighted by molar-refractivity contribution is 7.13. The van der Waals surface area contributed by atoms with Gasteiger partial charge in [-0.3, -0.25) is 0 Å². The first kappa shape index (κ1) is 17.9. The van der Waals surface area contributed by atoms with E-state index < -0.39 is 0 Å². The van der Waals surface area contributed by atoms with E-state index in [4.69, 9.17) is 19.4 Å². The van der Waals surface area contributed by atoms with E-state index in [1.54, 1.807) is 25.6 Å². The van der Waals surface area contributed by atoms with Crippen LogP contribution in [0.1, 0.15) is 11.1 Å². The summed E-state index contributed by atoms with van der Waals surface area (Å²) in [4.78, 5) is 13.2. The molecule has 6 heteroatoms. The summed E-state index contributed by atoms with van der Waals surface area (Å²) < 4.78 is 11.0. The van der Waals surface area contributed by atoms with Crippen LogP contribution in [-0.2, 0) is 13.0 Å². The lowest BCUT2D eigenvalue weighted by Crippen LogP contribution is -2.31. The predicted octanol–water partition coefficient (Wildman–Crippen LogP) is 4.94. The van der Waals surface area contributed by atoms with Crippen molar-refractivity contribution in [2.75, 3.05) is 25.7 Å². The normalized spacial score (nSPS) is 13.4. The van der Waals surface area contributed by atoms with Gasteiger partial charge in [0.1, 0.15) is 5.82 Å². The number of ether oxygens (including phenoxy) is 2. The number of methoxy groups -OCH3 is 2. The Morgan fingerprint density at radius 2 is 1.72 bits per heavy atom. The SMILES string of the molecule is COc1cc2c(cc1OC)CN(c1nc(-c3cccs3)nc3ccccc13)CC2. The van der Waals surface area contributed by atoms with Gasteiger partial charge in [-0.05, 0) is 53.3 Å². The topological polar surface area (TPSA) is 47.5 Å². The molecule has 0 saturated heterocycles. The molecule has 2 aromatic heterocycles. The Kier molecular flexibility index (Phi) is 4.56. The van der Waals surface area contributed by atoms with Crippen molar-refractivity contribution in [3.05, 3.63) is 65.0 Å². The molecule has 146 valence electrons. The second-order valence-corrected chi connectivity index (χ2v) is 7.96. The van der Waals surface area contributed by atoms with E-state index in [-0.39, 0.29) is 0 Å². The highest BCUT2D eigenvalue weighted by Gasteiger charge is 2.23. The smallest absolute Gasteiger partial charge is 0.172 e. The van der Waals surface area contributed by atoms with Crippen LogP contribution in [0.15, 0.2) is 53.9 Å². The maximum absolute atomic E-state index is 5.51. The lowest BCUT2D eigenvalue weighted by molar-refractivity contribution is 0.353. The third kappa shape index (κ3) is 3.19. The van der Waals surface area contributed by atoms with E-state index in [9.17, 15) is 0 Å². The monoisotopic (exact) mass is 403 g/mol. The highest BCUT2D eigenvalue weighted by Crippen LogP contribution is 2.36. The molecular weight excluding hydrogens is 382 g/mol. The minimum absolute atomic E-state index is 0.764. The number of thiophene rings is 1. The van der Waals surface area contributed by atoms with Crippen LogP contribution >= 0.6 is 11.3 Å². The van der Waals surface area contributed by atoms with Crippen molar-refractivity contribution >= 4 is 28.1 Å². The van der Waals surface area contributed by atoms with Crippen molar-refractivity contribution in [3.63, 3.8) is 0 Å². The second-order valence-electron chi connectivity index (χ2n) is 7.01. The zero-order valence-electron chi connectivity index (χ0n) is 16.4. The molecule has 4 aromatic rings. The van der Waals surface area contributed by atoms with Crippen LogP contribution in [0.4, 0.5) is 5.82 Å². The number of anilines is 1. The zero-order valence-corrected chi connectivity index (χ0v) is 17.2. The number of para-hydroxylation sites is 1. The second kappa shape index (κ2) is 7.37. The van der Waals surface area contributed by atoms with Gasteiger partial charge in [0.05, 0.1) is 24.6 Å². The third-order valence-electron chi connectivity index (χ3n) is 5.34. The molecule has 0 fully saturated rings. The van der Waals surface area contributed by atoms with Crippen molar-refractivity contribution in [1.29, 1.82) is 0 Å². The van der Waals surface area contributed by atoms with Gasteiger partial charge in [0.25, 0.3) is 0 Å². The number of hydrogen-bond acceptors (Lipinski definition) is 6. The van der Waals surface area contributed by atoms with Gasteiger partial charge in [0, 0.05) is 18.5 Å². The average Bonchev–Trinajstić information content (AvgIpc) is 3.32. The van der Waals surface area contributed by atoms with Crippen molar-refractivity contribution in [2.24, 2.45) is 0 Å². The fourth-order valence-electron chi connectivity index (χ4n) is 3.88. The molecule has 1 aliphatic heterocycles. The molecule has 0 amide bonds. The van der Waals surface area contributed by atoms with E-state index in [2.05, 4.69) is 40.6 Å². The van der Waals surface area contributed by atoms with Crippen molar-refractivity contribution in [1.82, 2.24) is 9.97 Å².